The van der Waals surface area contributed by atoms with Crippen molar-refractivity contribution in [1.29, 1.82) is 5.26 Å². The fraction of sp³-hybridized carbons (Fsp3) is 0.357. The van der Waals surface area contributed by atoms with E-state index in [4.69, 9.17) is 23.2 Å². The summed E-state index contributed by atoms with van der Waals surface area (Å²) in [6.45, 7) is 2.58. The molecule has 11 heteroatoms. The van der Waals surface area contributed by atoms with Crippen molar-refractivity contribution < 1.29 is 10.2 Å². The van der Waals surface area contributed by atoms with Crippen molar-refractivity contribution in [2.75, 3.05) is 20.1 Å². The highest BCUT2D eigenvalue weighted by Gasteiger charge is 2.34. The van der Waals surface area contributed by atoms with E-state index >= 15 is 0 Å². The molecule has 0 bridgehead atoms. The van der Waals surface area contributed by atoms with Gasteiger partial charge in [0.15, 0.2) is 6.35 Å². The summed E-state index contributed by atoms with van der Waals surface area (Å²) in [5.74, 6) is 0. The third kappa shape index (κ3) is 4.81. The highest BCUT2D eigenvalue weighted by molar-refractivity contribution is 7.19. The Balaban J connectivity index is 1.42. The second kappa shape index (κ2) is 10.4. The molecule has 0 radical (unpaired) electrons. The molecule has 2 aliphatic heterocycles. The van der Waals surface area contributed by atoms with Crippen molar-refractivity contribution in [1.82, 2.24) is 24.7 Å². The van der Waals surface area contributed by atoms with Gasteiger partial charge in [-0.05, 0) is 56.3 Å². The first-order chi connectivity index (χ1) is 18.8. The number of aliphatic hydroxyl groups excluding tert-OH is 2. The van der Waals surface area contributed by atoms with Crippen LogP contribution in [0.4, 0.5) is 0 Å². The van der Waals surface area contributed by atoms with Crippen LogP contribution in [-0.4, -0.2) is 62.3 Å². The monoisotopic (exact) mass is 582 g/mol. The van der Waals surface area contributed by atoms with Crippen LogP contribution in [-0.2, 0) is 13.1 Å². The lowest BCUT2D eigenvalue weighted by molar-refractivity contribution is -0.154. The predicted molar refractivity (Wildman–Crippen MR) is 155 cm³/mol. The molecule has 3 aromatic heterocycles. The number of fused-ring (bicyclic) bond motifs is 2. The number of pyridine rings is 1. The van der Waals surface area contributed by atoms with E-state index in [1.807, 2.05) is 24.3 Å². The van der Waals surface area contributed by atoms with Crippen LogP contribution in [0.3, 0.4) is 0 Å². The summed E-state index contributed by atoms with van der Waals surface area (Å²) in [6.07, 6.45) is 4.86. The fourth-order valence-corrected chi connectivity index (χ4v) is 7.32. The highest BCUT2D eigenvalue weighted by atomic mass is 35.5. The van der Waals surface area contributed by atoms with E-state index in [9.17, 15) is 15.5 Å². The molecule has 2 aliphatic rings. The number of hydrogen-bond acceptors (Lipinski definition) is 8. The molecule has 1 aromatic carbocycles. The van der Waals surface area contributed by atoms with E-state index in [2.05, 4.69) is 33.2 Å². The lowest BCUT2D eigenvalue weighted by Gasteiger charge is -2.40. The zero-order valence-electron chi connectivity index (χ0n) is 21.3. The van der Waals surface area contributed by atoms with Crippen molar-refractivity contribution in [3.05, 3.63) is 63.9 Å². The van der Waals surface area contributed by atoms with Gasteiger partial charge in [0.05, 0.1) is 32.2 Å². The highest BCUT2D eigenvalue weighted by Crippen LogP contribution is 2.41. The lowest BCUT2D eigenvalue weighted by atomic mass is 9.80. The number of halogens is 2. The average Bonchev–Trinajstić information content (AvgIpc) is 3.53. The molecule has 6 rings (SSSR count). The normalized spacial score (nSPS) is 21.8. The van der Waals surface area contributed by atoms with Crippen LogP contribution in [0.2, 0.25) is 5.02 Å². The molecule has 0 aliphatic carbocycles. The van der Waals surface area contributed by atoms with Crippen LogP contribution in [0.1, 0.15) is 17.7 Å². The summed E-state index contributed by atoms with van der Waals surface area (Å²) in [7, 11) is 1.70. The average molecular weight is 584 g/mol. The fourth-order valence-electron chi connectivity index (χ4n) is 5.66. The van der Waals surface area contributed by atoms with Gasteiger partial charge >= 0.3 is 0 Å². The van der Waals surface area contributed by atoms with Crippen LogP contribution in [0, 0.1) is 16.7 Å². The van der Waals surface area contributed by atoms with E-state index < -0.39 is 18.0 Å². The number of nitrogens with one attached hydrogen (secondary N) is 1. The van der Waals surface area contributed by atoms with Crippen molar-refractivity contribution in [2.24, 2.45) is 5.41 Å². The van der Waals surface area contributed by atoms with Crippen molar-refractivity contribution >= 4 is 55.7 Å². The van der Waals surface area contributed by atoms with E-state index in [0.29, 0.717) is 11.6 Å². The number of nitriles is 1. The Hall–Kier alpha value is -2.68. The Morgan fingerprint density at radius 3 is 2.74 bits per heavy atom. The van der Waals surface area contributed by atoms with E-state index in [1.165, 1.54) is 11.1 Å². The van der Waals surface area contributed by atoms with Gasteiger partial charge in [0.25, 0.3) is 0 Å². The Morgan fingerprint density at radius 1 is 1.18 bits per heavy atom. The Morgan fingerprint density at radius 2 is 1.97 bits per heavy atom. The molecule has 39 heavy (non-hydrogen) atoms. The van der Waals surface area contributed by atoms with E-state index in [1.54, 1.807) is 29.5 Å². The Labute approximate surface area is 240 Å². The smallest absolute Gasteiger partial charge is 0.188 e. The number of aromatic nitrogens is 2. The maximum atomic E-state index is 10.7. The Bertz CT molecular complexity index is 1620. The summed E-state index contributed by atoms with van der Waals surface area (Å²) in [5.41, 5.74) is 3.41. The summed E-state index contributed by atoms with van der Waals surface area (Å²) in [6, 6.07) is 12.6. The third-order valence-electron chi connectivity index (χ3n) is 7.74. The molecule has 5 heterocycles. The molecule has 0 saturated carbocycles. The first-order valence-electron chi connectivity index (χ1n) is 12.8. The van der Waals surface area contributed by atoms with E-state index in [0.717, 1.165) is 63.1 Å². The standard InChI is InChI=1S/C28H28Cl2N6O2S/c1-34-14-22(30)26(37)36(27(34)38)13-19-12-23-25(39-19)20(2-6-33-23)21-11-18(29)10-17-3-9-35(24(17)21)16-28(15-31)4-7-32-8-5-28/h2-3,6,9-12,14,26-27,32,37-38H,4-5,7-8,13,16H2,1H3. The van der Waals surface area contributed by atoms with Gasteiger partial charge in [-0.1, -0.05) is 23.2 Å². The van der Waals surface area contributed by atoms with Crippen molar-refractivity contribution in [3.63, 3.8) is 0 Å². The zero-order chi connectivity index (χ0) is 27.3. The molecule has 2 atom stereocenters. The number of benzene rings is 1. The maximum absolute atomic E-state index is 10.7. The van der Waals surface area contributed by atoms with E-state index in [-0.39, 0.29) is 11.6 Å². The third-order valence-corrected chi connectivity index (χ3v) is 9.39. The van der Waals surface area contributed by atoms with Gasteiger partial charge in [-0.25, -0.2) is 4.90 Å². The number of piperidine rings is 1. The van der Waals surface area contributed by atoms with Gasteiger partial charge in [0.2, 0.25) is 0 Å². The van der Waals surface area contributed by atoms with Crippen LogP contribution in [0.15, 0.2) is 54.0 Å². The number of nitrogens with zero attached hydrogens (tertiary/aromatic N) is 5. The second-order valence-corrected chi connectivity index (χ2v) is 12.3. The minimum absolute atomic E-state index is 0.244. The molecule has 0 amide bonds. The van der Waals surface area contributed by atoms with Crippen LogP contribution >= 0.6 is 34.5 Å². The molecule has 1 fully saturated rings. The van der Waals surface area contributed by atoms with Crippen LogP contribution in [0.5, 0.6) is 0 Å². The van der Waals surface area contributed by atoms with Gasteiger partial charge in [-0.15, -0.1) is 11.3 Å². The van der Waals surface area contributed by atoms with Gasteiger partial charge in [0.1, 0.15) is 6.23 Å². The lowest BCUT2D eigenvalue weighted by Crippen LogP contribution is -2.52. The number of aliphatic hydroxyl groups is 2. The summed E-state index contributed by atoms with van der Waals surface area (Å²) in [5, 5.41) is 36.7. The first-order valence-corrected chi connectivity index (χ1v) is 14.3. The zero-order valence-corrected chi connectivity index (χ0v) is 23.6. The van der Waals surface area contributed by atoms with Crippen LogP contribution < -0.4 is 5.32 Å². The molecule has 0 spiro atoms. The summed E-state index contributed by atoms with van der Waals surface area (Å²) < 4.78 is 3.18. The molecule has 1 saturated heterocycles. The van der Waals surface area contributed by atoms with Gasteiger partial charge in [-0.3, -0.25) is 4.98 Å². The molecular formula is C28H28Cl2N6O2S. The summed E-state index contributed by atoms with van der Waals surface area (Å²) in [4.78, 5) is 8.61. The Kier molecular flexibility index (Phi) is 7.06. The minimum atomic E-state index is -1.10. The van der Waals surface area contributed by atoms with Crippen molar-refractivity contribution in [2.45, 2.75) is 38.5 Å². The van der Waals surface area contributed by atoms with Gasteiger partial charge in [-0.2, -0.15) is 5.26 Å². The molecule has 202 valence electrons. The molecule has 3 N–H and O–H groups in total. The number of rotatable bonds is 5. The first kappa shape index (κ1) is 26.5. The summed E-state index contributed by atoms with van der Waals surface area (Å²) >= 11 is 14.4. The maximum Gasteiger partial charge on any atom is 0.188 e. The topological polar surface area (TPSA) is 101 Å². The minimum Gasteiger partial charge on any atom is -0.373 e. The second-order valence-electron chi connectivity index (χ2n) is 10.3. The predicted octanol–water partition coefficient (Wildman–Crippen LogP) is 4.89. The molecule has 8 nitrogen and oxygen atoms in total. The van der Waals surface area contributed by atoms with Gasteiger partial charge in [0, 0.05) is 65.1 Å². The molecule has 4 aromatic rings. The molecular weight excluding hydrogens is 555 g/mol. The van der Waals surface area contributed by atoms with Crippen LogP contribution in [0.25, 0.3) is 32.2 Å². The van der Waals surface area contributed by atoms with Gasteiger partial charge < -0.3 is 25.0 Å². The quantitative estimate of drug-likeness (QED) is 0.308. The number of hydrogen-bond donors (Lipinski definition) is 3. The number of thiophene rings is 1. The molecule has 2 unspecified atom stereocenters. The SMILES string of the molecule is CN1C=C(Cl)C(O)N(Cc2cc3nccc(-c4cc(Cl)cc5ccn(CC6(C#N)CCNCC6)c45)c3s2)C1O. The van der Waals surface area contributed by atoms with Crippen molar-refractivity contribution in [3.8, 4) is 17.2 Å². The largest absolute Gasteiger partial charge is 0.373 e.